The van der Waals surface area contributed by atoms with Crippen molar-refractivity contribution in [2.24, 2.45) is 0 Å². The smallest absolute Gasteiger partial charge is 0.338 e. The lowest BCUT2D eigenvalue weighted by Gasteiger charge is -2.28. The van der Waals surface area contributed by atoms with Crippen molar-refractivity contribution in [3.8, 4) is 0 Å². The lowest BCUT2D eigenvalue weighted by molar-refractivity contribution is -0.139. The summed E-state index contributed by atoms with van der Waals surface area (Å²) in [6, 6.07) is 3.30. The van der Waals surface area contributed by atoms with E-state index >= 15 is 0 Å². The molecule has 144 valence electrons. The number of carbonyl (C=O) groups is 2. The van der Waals surface area contributed by atoms with Crippen molar-refractivity contribution in [1.82, 2.24) is 10.6 Å². The highest BCUT2D eigenvalue weighted by Crippen LogP contribution is 2.30. The van der Waals surface area contributed by atoms with E-state index in [9.17, 15) is 14.4 Å². The second-order valence-electron chi connectivity index (χ2n) is 6.07. The summed E-state index contributed by atoms with van der Waals surface area (Å²) in [7, 11) is 0. The number of hydrogen-bond donors (Lipinski definition) is 2. The highest BCUT2D eigenvalue weighted by Gasteiger charge is 2.35. The van der Waals surface area contributed by atoms with E-state index in [0.717, 1.165) is 0 Å². The number of alkyl halides is 1. The topological polar surface area (TPSA) is 111 Å². The Morgan fingerprint density at radius 3 is 2.79 bits per heavy atom. The summed E-state index contributed by atoms with van der Waals surface area (Å²) in [6.45, 7) is 1.78. The van der Waals surface area contributed by atoms with Crippen LogP contribution >= 0.6 is 11.6 Å². The maximum atomic E-state index is 13.2. The monoisotopic (exact) mass is 402 g/mol. The number of benzene rings is 1. The molecular weight excluding hydrogens is 388 g/mol. The van der Waals surface area contributed by atoms with E-state index in [-0.39, 0.29) is 34.7 Å². The summed E-state index contributed by atoms with van der Waals surface area (Å²) in [5.41, 5.74) is 0.892. The number of furan rings is 1. The number of esters is 1. The standard InChI is InChI=1S/C19H15ClN2O6/c1-2-26-18(24)14-12(7-20)21-19(25)22-15(14)11-8-28-17-9-5-6-27-13(9)4-3-10(17)16(11)23/h3-6,8,15H,2,7H2,1H3,(H2,21,22,25). The van der Waals surface area contributed by atoms with Crippen LogP contribution in [0.15, 0.2) is 55.6 Å². The minimum absolute atomic E-state index is 0.0625. The fraction of sp³-hybridized carbons (Fsp3) is 0.211. The Hall–Kier alpha value is -3.26. The van der Waals surface area contributed by atoms with Crippen molar-refractivity contribution in [1.29, 1.82) is 0 Å². The SMILES string of the molecule is CCOC(=O)C1=C(CCl)NC(=O)NC1c1coc2c(ccc3occc32)c1=O. The van der Waals surface area contributed by atoms with Gasteiger partial charge in [0.2, 0.25) is 0 Å². The van der Waals surface area contributed by atoms with Crippen LogP contribution in [0.5, 0.6) is 0 Å². The zero-order valence-corrected chi connectivity index (χ0v) is 15.5. The number of ether oxygens (including phenoxy) is 1. The van der Waals surface area contributed by atoms with Gasteiger partial charge in [0, 0.05) is 5.70 Å². The quantitative estimate of drug-likeness (QED) is 0.512. The van der Waals surface area contributed by atoms with E-state index in [1.165, 1.54) is 12.5 Å². The Morgan fingerprint density at radius 2 is 2.04 bits per heavy atom. The van der Waals surface area contributed by atoms with Crippen LogP contribution in [0.2, 0.25) is 0 Å². The van der Waals surface area contributed by atoms with Crippen LogP contribution in [0.25, 0.3) is 21.9 Å². The molecule has 0 saturated carbocycles. The van der Waals surface area contributed by atoms with Gasteiger partial charge in [-0.05, 0) is 25.1 Å². The first-order valence-electron chi connectivity index (χ1n) is 8.50. The minimum atomic E-state index is -1.05. The molecule has 0 radical (unpaired) electrons. The van der Waals surface area contributed by atoms with Gasteiger partial charge in [-0.1, -0.05) is 0 Å². The average Bonchev–Trinajstić information content (AvgIpc) is 3.17. The molecule has 0 saturated heterocycles. The van der Waals surface area contributed by atoms with E-state index in [2.05, 4.69) is 10.6 Å². The highest BCUT2D eigenvalue weighted by atomic mass is 35.5. The van der Waals surface area contributed by atoms with Crippen LogP contribution in [0.4, 0.5) is 4.79 Å². The van der Waals surface area contributed by atoms with Crippen LogP contribution in [0, 0.1) is 0 Å². The summed E-state index contributed by atoms with van der Waals surface area (Å²) < 4.78 is 16.1. The zero-order valence-electron chi connectivity index (χ0n) is 14.7. The molecule has 2 N–H and O–H groups in total. The summed E-state index contributed by atoms with van der Waals surface area (Å²) in [5.74, 6) is -0.812. The van der Waals surface area contributed by atoms with Gasteiger partial charge in [-0.15, -0.1) is 11.6 Å². The summed E-state index contributed by atoms with van der Waals surface area (Å²) in [6.07, 6.45) is 2.73. The summed E-state index contributed by atoms with van der Waals surface area (Å²) >= 11 is 5.90. The van der Waals surface area contributed by atoms with Crippen molar-refractivity contribution in [3.63, 3.8) is 0 Å². The van der Waals surface area contributed by atoms with Crippen LogP contribution in [-0.4, -0.2) is 24.5 Å². The fourth-order valence-electron chi connectivity index (χ4n) is 3.26. The first kappa shape index (κ1) is 18.1. The summed E-state index contributed by atoms with van der Waals surface area (Å²) in [4.78, 5) is 37.7. The molecule has 1 atom stereocenters. The molecule has 28 heavy (non-hydrogen) atoms. The zero-order chi connectivity index (χ0) is 19.8. The third-order valence-corrected chi connectivity index (χ3v) is 4.76. The molecule has 2 aromatic heterocycles. The number of amides is 2. The number of nitrogens with one attached hydrogen (secondary N) is 2. The van der Waals surface area contributed by atoms with E-state index in [0.29, 0.717) is 21.9 Å². The molecule has 0 fully saturated rings. The molecule has 9 heteroatoms. The average molecular weight is 403 g/mol. The van der Waals surface area contributed by atoms with Crippen LogP contribution in [-0.2, 0) is 9.53 Å². The van der Waals surface area contributed by atoms with E-state index in [4.69, 9.17) is 25.2 Å². The first-order valence-corrected chi connectivity index (χ1v) is 9.03. The lowest BCUT2D eigenvalue weighted by Crippen LogP contribution is -2.47. The maximum absolute atomic E-state index is 13.2. The Kier molecular flexibility index (Phi) is 4.56. The van der Waals surface area contributed by atoms with Gasteiger partial charge in [-0.2, -0.15) is 0 Å². The van der Waals surface area contributed by atoms with Gasteiger partial charge >= 0.3 is 12.0 Å². The number of urea groups is 1. The van der Waals surface area contributed by atoms with Gasteiger partial charge in [-0.3, -0.25) is 4.79 Å². The molecule has 8 nitrogen and oxygen atoms in total. The van der Waals surface area contributed by atoms with Crippen molar-refractivity contribution in [2.45, 2.75) is 13.0 Å². The third kappa shape index (κ3) is 2.82. The first-order chi connectivity index (χ1) is 13.5. The van der Waals surface area contributed by atoms with Gasteiger partial charge < -0.3 is 24.2 Å². The molecule has 3 aromatic rings. The van der Waals surface area contributed by atoms with Crippen molar-refractivity contribution in [2.75, 3.05) is 12.5 Å². The van der Waals surface area contributed by atoms with Gasteiger partial charge in [0.25, 0.3) is 0 Å². The number of hydrogen-bond acceptors (Lipinski definition) is 6. The van der Waals surface area contributed by atoms with Crippen molar-refractivity contribution >= 4 is 45.5 Å². The Balaban J connectivity index is 1.92. The second kappa shape index (κ2) is 7.05. The number of carbonyl (C=O) groups excluding carboxylic acids is 2. The van der Waals surface area contributed by atoms with Gasteiger partial charge in [0.05, 0.1) is 46.7 Å². The Morgan fingerprint density at radius 1 is 1.21 bits per heavy atom. The van der Waals surface area contributed by atoms with Crippen LogP contribution in [0.1, 0.15) is 18.5 Å². The number of allylic oxidation sites excluding steroid dienone is 1. The van der Waals surface area contributed by atoms with Crippen LogP contribution < -0.4 is 16.1 Å². The lowest BCUT2D eigenvalue weighted by atomic mass is 9.95. The van der Waals surface area contributed by atoms with Crippen LogP contribution in [0.3, 0.4) is 0 Å². The molecule has 4 rings (SSSR count). The number of halogens is 1. The van der Waals surface area contributed by atoms with Gasteiger partial charge in [0.1, 0.15) is 17.4 Å². The molecular formula is C19H15ClN2O6. The van der Waals surface area contributed by atoms with E-state index in [1.807, 2.05) is 0 Å². The second-order valence-corrected chi connectivity index (χ2v) is 6.34. The van der Waals surface area contributed by atoms with Gasteiger partial charge in [-0.25, -0.2) is 9.59 Å². The number of rotatable bonds is 4. The fourth-order valence-corrected chi connectivity index (χ4v) is 3.47. The largest absolute Gasteiger partial charge is 0.464 e. The maximum Gasteiger partial charge on any atom is 0.338 e. The normalized spacial score (nSPS) is 16.9. The van der Waals surface area contributed by atoms with Crippen molar-refractivity contribution < 1.29 is 23.2 Å². The molecule has 1 aliphatic rings. The molecule has 2 amide bonds. The molecule has 3 heterocycles. The molecule has 0 bridgehead atoms. The third-order valence-electron chi connectivity index (χ3n) is 4.49. The van der Waals surface area contributed by atoms with Gasteiger partial charge in [0.15, 0.2) is 5.43 Å². The molecule has 1 aliphatic heterocycles. The summed E-state index contributed by atoms with van der Waals surface area (Å²) in [5, 5.41) is 6.01. The highest BCUT2D eigenvalue weighted by molar-refractivity contribution is 6.20. The minimum Gasteiger partial charge on any atom is -0.464 e. The molecule has 1 unspecified atom stereocenters. The predicted molar refractivity (Wildman–Crippen MR) is 101 cm³/mol. The van der Waals surface area contributed by atoms with E-state index in [1.54, 1.807) is 25.1 Å². The Labute approximate surface area is 163 Å². The molecule has 0 aliphatic carbocycles. The number of fused-ring (bicyclic) bond motifs is 3. The molecule has 0 spiro atoms. The Bertz CT molecular complexity index is 1190. The molecule has 1 aromatic carbocycles. The predicted octanol–water partition coefficient (Wildman–Crippen LogP) is 2.95. The van der Waals surface area contributed by atoms with Crippen molar-refractivity contribution in [3.05, 3.63) is 57.8 Å². The van der Waals surface area contributed by atoms with E-state index < -0.39 is 18.0 Å².